The Hall–Kier alpha value is -0.680. The van der Waals surface area contributed by atoms with Crippen LogP contribution in [0, 0.1) is 0 Å². The average molecular weight is 307 g/mol. The molecule has 0 aromatic carbocycles. The number of hydrogen-bond acceptors (Lipinski definition) is 4. The van der Waals surface area contributed by atoms with Gasteiger partial charge in [-0.25, -0.2) is 0 Å². The molecule has 0 amide bonds. The largest absolute Gasteiger partial charge is 0.306 e. The minimum atomic E-state index is 0.474. The van der Waals surface area contributed by atoms with E-state index in [2.05, 4.69) is 52.3 Å². The van der Waals surface area contributed by atoms with Crippen molar-refractivity contribution >= 4 is 22.7 Å². The molecule has 1 fully saturated rings. The van der Waals surface area contributed by atoms with Crippen molar-refractivity contribution in [2.75, 3.05) is 20.1 Å². The van der Waals surface area contributed by atoms with Gasteiger partial charge in [0, 0.05) is 28.3 Å². The fourth-order valence-corrected chi connectivity index (χ4v) is 4.36. The van der Waals surface area contributed by atoms with E-state index in [0.29, 0.717) is 12.1 Å². The summed E-state index contributed by atoms with van der Waals surface area (Å²) in [5.74, 6) is 0. The van der Waals surface area contributed by atoms with Crippen molar-refractivity contribution < 1.29 is 0 Å². The van der Waals surface area contributed by atoms with E-state index in [1.165, 1.54) is 35.7 Å². The van der Waals surface area contributed by atoms with E-state index in [4.69, 9.17) is 0 Å². The molecule has 0 radical (unpaired) electrons. The lowest BCUT2D eigenvalue weighted by molar-refractivity contribution is 0.225. The van der Waals surface area contributed by atoms with Crippen LogP contribution in [0.5, 0.6) is 0 Å². The maximum atomic E-state index is 3.91. The normalized spacial score (nSPS) is 19.2. The molecule has 1 aliphatic rings. The average Bonchev–Trinajstić information content (AvgIpc) is 3.12. The summed E-state index contributed by atoms with van der Waals surface area (Å²) in [6.07, 6.45) is 3.65. The Balaban J connectivity index is 1.66. The van der Waals surface area contributed by atoms with Gasteiger partial charge in [-0.3, -0.25) is 0 Å². The fraction of sp³-hybridized carbons (Fsp3) is 0.500. The Kier molecular flexibility index (Phi) is 4.89. The molecule has 2 aromatic heterocycles. The molecule has 0 spiro atoms. The van der Waals surface area contributed by atoms with Gasteiger partial charge >= 0.3 is 0 Å². The lowest BCUT2D eigenvalue weighted by Crippen LogP contribution is -2.42. The molecule has 20 heavy (non-hydrogen) atoms. The molecule has 1 unspecified atom stereocenters. The van der Waals surface area contributed by atoms with Gasteiger partial charge in [0.1, 0.15) is 0 Å². The van der Waals surface area contributed by atoms with Crippen LogP contribution >= 0.6 is 22.7 Å². The highest BCUT2D eigenvalue weighted by Crippen LogP contribution is 2.26. The summed E-state index contributed by atoms with van der Waals surface area (Å²) >= 11 is 3.74. The third-order valence-electron chi connectivity index (χ3n) is 4.03. The summed E-state index contributed by atoms with van der Waals surface area (Å²) < 4.78 is 0. The van der Waals surface area contributed by atoms with Crippen molar-refractivity contribution in [1.29, 1.82) is 0 Å². The number of hydrogen-bond donors (Lipinski definition) is 1. The number of nitrogens with one attached hydrogen (secondary N) is 1. The predicted octanol–water partition coefficient (Wildman–Crippen LogP) is 3.78. The zero-order valence-corrected chi connectivity index (χ0v) is 13.6. The van der Waals surface area contributed by atoms with Crippen LogP contribution in [0.15, 0.2) is 35.0 Å². The Morgan fingerprint density at radius 1 is 1.20 bits per heavy atom. The molecule has 0 saturated carbocycles. The molecule has 1 N–H and O–H groups in total. The SMILES string of the molecule is CN1CCC(NC(Cc2cccs2)c2cccs2)CC1. The first-order chi connectivity index (χ1) is 9.81. The Labute approximate surface area is 129 Å². The maximum absolute atomic E-state index is 3.91. The predicted molar refractivity (Wildman–Crippen MR) is 88.7 cm³/mol. The first kappa shape index (κ1) is 14.3. The lowest BCUT2D eigenvalue weighted by Gasteiger charge is -2.32. The first-order valence-corrected chi connectivity index (χ1v) is 9.07. The molecule has 0 aliphatic carbocycles. The highest BCUT2D eigenvalue weighted by molar-refractivity contribution is 7.10. The van der Waals surface area contributed by atoms with Crippen LogP contribution in [0.2, 0.25) is 0 Å². The number of likely N-dealkylation sites (tertiary alicyclic amines) is 1. The van der Waals surface area contributed by atoms with Gasteiger partial charge in [-0.05, 0) is 55.9 Å². The van der Waals surface area contributed by atoms with Gasteiger partial charge in [0.2, 0.25) is 0 Å². The second kappa shape index (κ2) is 6.85. The van der Waals surface area contributed by atoms with Gasteiger partial charge in [0.15, 0.2) is 0 Å². The van der Waals surface area contributed by atoms with Crippen molar-refractivity contribution in [3.63, 3.8) is 0 Å². The van der Waals surface area contributed by atoms with Crippen LogP contribution in [-0.2, 0) is 6.42 Å². The number of nitrogens with zero attached hydrogens (tertiary/aromatic N) is 1. The van der Waals surface area contributed by atoms with Crippen molar-refractivity contribution in [3.8, 4) is 0 Å². The van der Waals surface area contributed by atoms with Crippen molar-refractivity contribution in [3.05, 3.63) is 44.8 Å². The summed E-state index contributed by atoms with van der Waals surface area (Å²) in [5, 5.41) is 8.27. The van der Waals surface area contributed by atoms with E-state index in [-0.39, 0.29) is 0 Å². The quantitative estimate of drug-likeness (QED) is 0.904. The van der Waals surface area contributed by atoms with Crippen molar-refractivity contribution in [2.24, 2.45) is 0 Å². The van der Waals surface area contributed by atoms with Gasteiger partial charge in [-0.15, -0.1) is 22.7 Å². The minimum absolute atomic E-state index is 0.474. The molecular formula is C16H22N2S2. The molecule has 108 valence electrons. The van der Waals surface area contributed by atoms with Gasteiger partial charge in [0.25, 0.3) is 0 Å². The summed E-state index contributed by atoms with van der Waals surface area (Å²) in [6.45, 7) is 2.43. The molecular weight excluding hydrogens is 284 g/mol. The third-order valence-corrected chi connectivity index (χ3v) is 5.91. The third kappa shape index (κ3) is 3.70. The summed E-state index contributed by atoms with van der Waals surface area (Å²) in [5.41, 5.74) is 0. The lowest BCUT2D eigenvalue weighted by atomic mass is 10.0. The number of rotatable bonds is 5. The Bertz CT molecular complexity index is 485. The monoisotopic (exact) mass is 306 g/mol. The maximum Gasteiger partial charge on any atom is 0.0465 e. The van der Waals surface area contributed by atoms with E-state index >= 15 is 0 Å². The molecule has 1 aliphatic heterocycles. The van der Waals surface area contributed by atoms with Crippen LogP contribution in [0.25, 0.3) is 0 Å². The molecule has 1 saturated heterocycles. The van der Waals surface area contributed by atoms with Crippen LogP contribution in [0.3, 0.4) is 0 Å². The number of piperidine rings is 1. The summed E-state index contributed by atoms with van der Waals surface area (Å²) in [4.78, 5) is 5.37. The van der Waals surface area contributed by atoms with Crippen molar-refractivity contribution in [2.45, 2.75) is 31.3 Å². The van der Waals surface area contributed by atoms with Gasteiger partial charge in [0.05, 0.1) is 0 Å². The van der Waals surface area contributed by atoms with E-state index in [0.717, 1.165) is 6.42 Å². The van der Waals surface area contributed by atoms with Crippen LogP contribution in [0.4, 0.5) is 0 Å². The van der Waals surface area contributed by atoms with Gasteiger partial charge < -0.3 is 10.2 Å². The summed E-state index contributed by atoms with van der Waals surface area (Å²) in [7, 11) is 2.22. The van der Waals surface area contributed by atoms with E-state index in [1.807, 2.05) is 22.7 Å². The smallest absolute Gasteiger partial charge is 0.0465 e. The molecule has 2 aromatic rings. The highest BCUT2D eigenvalue weighted by atomic mass is 32.1. The highest BCUT2D eigenvalue weighted by Gasteiger charge is 2.22. The van der Waals surface area contributed by atoms with Crippen molar-refractivity contribution in [1.82, 2.24) is 10.2 Å². The minimum Gasteiger partial charge on any atom is -0.306 e. The topological polar surface area (TPSA) is 15.3 Å². The van der Waals surface area contributed by atoms with E-state index < -0.39 is 0 Å². The summed E-state index contributed by atoms with van der Waals surface area (Å²) in [6, 6.07) is 9.98. The zero-order chi connectivity index (χ0) is 13.8. The van der Waals surface area contributed by atoms with E-state index in [9.17, 15) is 0 Å². The Morgan fingerprint density at radius 2 is 1.95 bits per heavy atom. The molecule has 1 atom stereocenters. The zero-order valence-electron chi connectivity index (χ0n) is 11.9. The molecule has 3 rings (SSSR count). The van der Waals surface area contributed by atoms with Crippen LogP contribution in [0.1, 0.15) is 28.6 Å². The first-order valence-electron chi connectivity index (χ1n) is 7.31. The van der Waals surface area contributed by atoms with Crippen LogP contribution in [-0.4, -0.2) is 31.1 Å². The Morgan fingerprint density at radius 3 is 2.60 bits per heavy atom. The molecule has 3 heterocycles. The fourth-order valence-electron chi connectivity index (χ4n) is 2.82. The van der Waals surface area contributed by atoms with Crippen LogP contribution < -0.4 is 5.32 Å². The van der Waals surface area contributed by atoms with Gasteiger partial charge in [-0.1, -0.05) is 12.1 Å². The second-order valence-electron chi connectivity index (χ2n) is 5.60. The second-order valence-corrected chi connectivity index (χ2v) is 7.61. The molecule has 4 heteroatoms. The standard InChI is InChI=1S/C16H22N2S2/c1-18-8-6-13(7-9-18)17-15(16-5-3-11-20-16)12-14-4-2-10-19-14/h2-5,10-11,13,15,17H,6-9,12H2,1H3. The molecule has 0 bridgehead atoms. The van der Waals surface area contributed by atoms with Gasteiger partial charge in [-0.2, -0.15) is 0 Å². The number of thiophene rings is 2. The molecule has 2 nitrogen and oxygen atoms in total. The van der Waals surface area contributed by atoms with E-state index in [1.54, 1.807) is 0 Å².